The van der Waals surface area contributed by atoms with Crippen LogP contribution >= 0.6 is 11.6 Å². The summed E-state index contributed by atoms with van der Waals surface area (Å²) < 4.78 is 5.27. The van der Waals surface area contributed by atoms with Crippen molar-refractivity contribution in [1.82, 2.24) is 0 Å². The molecular formula is C13H15ClN2O4. The minimum absolute atomic E-state index is 0.171. The predicted molar refractivity (Wildman–Crippen MR) is 75.4 cm³/mol. The molecule has 1 aliphatic rings. The van der Waals surface area contributed by atoms with Gasteiger partial charge in [0.1, 0.15) is 11.3 Å². The molecule has 0 radical (unpaired) electrons. The van der Waals surface area contributed by atoms with Gasteiger partial charge in [0.15, 0.2) is 0 Å². The molecule has 0 saturated heterocycles. The molecule has 1 aliphatic heterocycles. The number of nitrogens with zero attached hydrogens (tertiary/aromatic N) is 2. The maximum absolute atomic E-state index is 12.1. The number of anilines is 1. The molecule has 1 aromatic rings. The third-order valence-electron chi connectivity index (χ3n) is 2.82. The van der Waals surface area contributed by atoms with Crippen LogP contribution in [0.3, 0.4) is 0 Å². The molecular weight excluding hydrogens is 284 g/mol. The second-order valence-electron chi connectivity index (χ2n) is 5.57. The van der Waals surface area contributed by atoms with Gasteiger partial charge in [0, 0.05) is 17.6 Å². The standard InChI is InChI=1S/C13H15ClN2O4/c1-13(2,3)20-12(17)15-5-4-8-6-9(14)7-10(11(8)15)16(18)19/h6-7H,4-5H2,1-3H3. The average molecular weight is 299 g/mol. The van der Waals surface area contributed by atoms with Crippen LogP contribution in [0.25, 0.3) is 0 Å². The molecule has 6 nitrogen and oxygen atoms in total. The van der Waals surface area contributed by atoms with Gasteiger partial charge in [0.2, 0.25) is 0 Å². The zero-order chi connectivity index (χ0) is 15.1. The first-order valence-corrected chi connectivity index (χ1v) is 6.54. The zero-order valence-electron chi connectivity index (χ0n) is 11.5. The molecule has 0 unspecified atom stereocenters. The number of hydrogen-bond acceptors (Lipinski definition) is 4. The molecule has 1 amide bonds. The van der Waals surface area contributed by atoms with Crippen molar-refractivity contribution < 1.29 is 14.5 Å². The van der Waals surface area contributed by atoms with Crippen molar-refractivity contribution in [2.75, 3.05) is 11.4 Å². The minimum Gasteiger partial charge on any atom is -0.443 e. The quantitative estimate of drug-likeness (QED) is 0.587. The lowest BCUT2D eigenvalue weighted by atomic mass is 10.1. The highest BCUT2D eigenvalue weighted by molar-refractivity contribution is 6.31. The van der Waals surface area contributed by atoms with Crippen LogP contribution in [-0.2, 0) is 11.2 Å². The topological polar surface area (TPSA) is 72.7 Å². The van der Waals surface area contributed by atoms with E-state index in [4.69, 9.17) is 16.3 Å². The van der Waals surface area contributed by atoms with Crippen LogP contribution in [0.1, 0.15) is 26.3 Å². The normalized spacial score (nSPS) is 14.1. The van der Waals surface area contributed by atoms with Crippen molar-refractivity contribution in [1.29, 1.82) is 0 Å². The molecule has 0 atom stereocenters. The maximum atomic E-state index is 12.1. The van der Waals surface area contributed by atoms with E-state index in [1.54, 1.807) is 26.8 Å². The number of halogens is 1. The van der Waals surface area contributed by atoms with Crippen molar-refractivity contribution in [2.45, 2.75) is 32.8 Å². The summed E-state index contributed by atoms with van der Waals surface area (Å²) in [6, 6.07) is 2.90. The van der Waals surface area contributed by atoms with Crippen molar-refractivity contribution in [3.05, 3.63) is 32.8 Å². The Hall–Kier alpha value is -1.82. The molecule has 0 aliphatic carbocycles. The van der Waals surface area contributed by atoms with Crippen LogP contribution < -0.4 is 4.90 Å². The fraction of sp³-hybridized carbons (Fsp3) is 0.462. The van der Waals surface area contributed by atoms with Crippen LogP contribution in [0.15, 0.2) is 12.1 Å². The van der Waals surface area contributed by atoms with Gasteiger partial charge in [-0.15, -0.1) is 0 Å². The summed E-state index contributed by atoms with van der Waals surface area (Å²) in [6.45, 7) is 5.60. The lowest BCUT2D eigenvalue weighted by Crippen LogP contribution is -2.36. The first kappa shape index (κ1) is 14.6. The van der Waals surface area contributed by atoms with Gasteiger partial charge in [-0.3, -0.25) is 15.0 Å². The van der Waals surface area contributed by atoms with Crippen LogP contribution in [-0.4, -0.2) is 23.2 Å². The van der Waals surface area contributed by atoms with Gasteiger partial charge >= 0.3 is 6.09 Å². The van der Waals surface area contributed by atoms with Gasteiger partial charge in [-0.2, -0.15) is 0 Å². The number of carbonyl (C=O) groups excluding carboxylic acids is 1. The largest absolute Gasteiger partial charge is 0.443 e. The number of benzene rings is 1. The number of fused-ring (bicyclic) bond motifs is 1. The molecule has 0 spiro atoms. The number of carbonyl (C=O) groups is 1. The first-order valence-electron chi connectivity index (χ1n) is 6.16. The summed E-state index contributed by atoms with van der Waals surface area (Å²) in [6.07, 6.45) is -0.0580. The van der Waals surface area contributed by atoms with Gasteiger partial charge in [0.05, 0.1) is 4.92 Å². The van der Waals surface area contributed by atoms with Crippen molar-refractivity contribution in [3.8, 4) is 0 Å². The highest BCUT2D eigenvalue weighted by atomic mass is 35.5. The van der Waals surface area contributed by atoms with Crippen molar-refractivity contribution in [2.24, 2.45) is 0 Å². The minimum atomic E-state index is -0.652. The molecule has 0 fully saturated rings. The monoisotopic (exact) mass is 298 g/mol. The Bertz CT molecular complexity index is 580. The van der Waals surface area contributed by atoms with E-state index in [0.717, 1.165) is 0 Å². The Balaban J connectivity index is 2.41. The van der Waals surface area contributed by atoms with E-state index in [2.05, 4.69) is 0 Å². The molecule has 0 aromatic heterocycles. The molecule has 2 rings (SSSR count). The number of rotatable bonds is 1. The van der Waals surface area contributed by atoms with E-state index in [1.807, 2.05) is 0 Å². The molecule has 108 valence electrons. The first-order chi connectivity index (χ1) is 9.19. The van der Waals surface area contributed by atoms with Crippen molar-refractivity contribution >= 4 is 29.1 Å². The molecule has 20 heavy (non-hydrogen) atoms. The number of amides is 1. The summed E-state index contributed by atoms with van der Waals surface area (Å²) in [5.41, 5.74) is 0.153. The lowest BCUT2D eigenvalue weighted by molar-refractivity contribution is -0.384. The summed E-state index contributed by atoms with van der Waals surface area (Å²) in [5.74, 6) is 0. The summed E-state index contributed by atoms with van der Waals surface area (Å²) in [7, 11) is 0. The average Bonchev–Trinajstić information content (AvgIpc) is 2.68. The smallest absolute Gasteiger partial charge is 0.415 e. The van der Waals surface area contributed by atoms with Gasteiger partial charge in [-0.1, -0.05) is 11.6 Å². The SMILES string of the molecule is CC(C)(C)OC(=O)N1CCc2cc(Cl)cc([N+](=O)[O-])c21. The van der Waals surface area contributed by atoms with Gasteiger partial charge < -0.3 is 4.74 Å². The van der Waals surface area contributed by atoms with E-state index >= 15 is 0 Å². The highest BCUT2D eigenvalue weighted by Crippen LogP contribution is 2.40. The Morgan fingerprint density at radius 1 is 1.45 bits per heavy atom. The summed E-state index contributed by atoms with van der Waals surface area (Å²) in [4.78, 5) is 24.0. The van der Waals surface area contributed by atoms with Crippen LogP contribution in [0.4, 0.5) is 16.2 Å². The Labute approximate surface area is 121 Å². The highest BCUT2D eigenvalue weighted by Gasteiger charge is 2.35. The molecule has 1 heterocycles. The lowest BCUT2D eigenvalue weighted by Gasteiger charge is -2.24. The second-order valence-corrected chi connectivity index (χ2v) is 6.01. The number of hydrogen-bond donors (Lipinski definition) is 0. The van der Waals surface area contributed by atoms with Crippen LogP contribution in [0.5, 0.6) is 0 Å². The van der Waals surface area contributed by atoms with E-state index in [1.165, 1.54) is 11.0 Å². The predicted octanol–water partition coefficient (Wildman–Crippen LogP) is 3.55. The fourth-order valence-corrected chi connectivity index (χ4v) is 2.36. The Morgan fingerprint density at radius 3 is 2.65 bits per heavy atom. The molecule has 0 bridgehead atoms. The number of ether oxygens (including phenoxy) is 1. The van der Waals surface area contributed by atoms with E-state index < -0.39 is 16.6 Å². The number of nitro benzene ring substituents is 1. The molecule has 0 N–H and O–H groups in total. The summed E-state index contributed by atoms with van der Waals surface area (Å²) >= 11 is 5.87. The van der Waals surface area contributed by atoms with Gasteiger partial charge in [-0.25, -0.2) is 4.79 Å². The fourth-order valence-electron chi connectivity index (χ4n) is 2.12. The molecule has 7 heteroatoms. The van der Waals surface area contributed by atoms with E-state index in [9.17, 15) is 14.9 Å². The summed E-state index contributed by atoms with van der Waals surface area (Å²) in [5, 5.41) is 11.4. The third kappa shape index (κ3) is 2.85. The number of nitro groups is 1. The molecule has 1 aromatic carbocycles. The van der Waals surface area contributed by atoms with Gasteiger partial charge in [-0.05, 0) is 38.8 Å². The third-order valence-corrected chi connectivity index (χ3v) is 3.04. The van der Waals surface area contributed by atoms with Gasteiger partial charge in [0.25, 0.3) is 5.69 Å². The van der Waals surface area contributed by atoms with E-state index in [0.29, 0.717) is 23.6 Å². The Morgan fingerprint density at radius 2 is 2.10 bits per heavy atom. The second kappa shape index (κ2) is 4.94. The zero-order valence-corrected chi connectivity index (χ0v) is 12.2. The van der Waals surface area contributed by atoms with Crippen LogP contribution in [0, 0.1) is 10.1 Å². The maximum Gasteiger partial charge on any atom is 0.415 e. The van der Waals surface area contributed by atoms with Crippen molar-refractivity contribution in [3.63, 3.8) is 0 Å². The Kier molecular flexibility index (Phi) is 3.60. The van der Waals surface area contributed by atoms with Crippen LogP contribution in [0.2, 0.25) is 5.02 Å². The van der Waals surface area contributed by atoms with E-state index in [-0.39, 0.29) is 11.4 Å². The molecule has 0 saturated carbocycles.